The van der Waals surface area contributed by atoms with E-state index in [9.17, 15) is 4.79 Å². The topological polar surface area (TPSA) is 71.0 Å². The highest BCUT2D eigenvalue weighted by Crippen LogP contribution is 2.13. The summed E-state index contributed by atoms with van der Waals surface area (Å²) in [7, 11) is 0. The molecular formula is C17H23N5O. The van der Waals surface area contributed by atoms with E-state index in [0.29, 0.717) is 30.6 Å². The van der Waals surface area contributed by atoms with Crippen molar-refractivity contribution in [1.29, 1.82) is 0 Å². The molecule has 0 aliphatic carbocycles. The Balaban J connectivity index is 2.14. The minimum absolute atomic E-state index is 0.175. The Morgan fingerprint density at radius 3 is 2.70 bits per heavy atom. The lowest BCUT2D eigenvalue weighted by atomic mass is 10.2. The highest BCUT2D eigenvalue weighted by molar-refractivity contribution is 5.88. The average molecular weight is 313 g/mol. The Kier molecular flexibility index (Phi) is 5.62. The van der Waals surface area contributed by atoms with E-state index in [0.717, 1.165) is 11.3 Å². The molecule has 0 aliphatic rings. The lowest BCUT2D eigenvalue weighted by Crippen LogP contribution is -2.37. The summed E-state index contributed by atoms with van der Waals surface area (Å²) in [4.78, 5) is 27.1. The first-order valence-electron chi connectivity index (χ1n) is 7.71. The number of amides is 2. The molecule has 2 aromatic rings. The van der Waals surface area contributed by atoms with E-state index in [2.05, 4.69) is 34.1 Å². The van der Waals surface area contributed by atoms with Gasteiger partial charge in [0.2, 0.25) is 0 Å². The number of nitrogens with zero attached hydrogens (tertiary/aromatic N) is 4. The predicted octanol–water partition coefficient (Wildman–Crippen LogP) is 3.18. The summed E-state index contributed by atoms with van der Waals surface area (Å²) in [5.41, 5.74) is 1.70. The van der Waals surface area contributed by atoms with Crippen LogP contribution in [0.15, 0.2) is 30.6 Å². The molecular weight excluding hydrogens is 290 g/mol. The molecule has 122 valence electrons. The maximum absolute atomic E-state index is 12.6. The number of aromatic nitrogens is 3. The van der Waals surface area contributed by atoms with Crippen LogP contribution in [0.2, 0.25) is 0 Å². The monoisotopic (exact) mass is 313 g/mol. The van der Waals surface area contributed by atoms with Gasteiger partial charge in [-0.2, -0.15) is 0 Å². The van der Waals surface area contributed by atoms with Crippen LogP contribution in [0.25, 0.3) is 0 Å². The fourth-order valence-corrected chi connectivity index (χ4v) is 2.18. The molecule has 0 atom stereocenters. The zero-order valence-corrected chi connectivity index (χ0v) is 14.1. The van der Waals surface area contributed by atoms with Crippen LogP contribution in [0.5, 0.6) is 0 Å². The van der Waals surface area contributed by atoms with E-state index >= 15 is 0 Å². The van der Waals surface area contributed by atoms with Gasteiger partial charge in [0.1, 0.15) is 11.6 Å². The van der Waals surface area contributed by atoms with Gasteiger partial charge < -0.3 is 4.90 Å². The first kappa shape index (κ1) is 16.9. The van der Waals surface area contributed by atoms with Crippen LogP contribution < -0.4 is 5.32 Å². The Morgan fingerprint density at radius 2 is 2.04 bits per heavy atom. The minimum Gasteiger partial charge on any atom is -0.318 e. The predicted molar refractivity (Wildman–Crippen MR) is 90.0 cm³/mol. The lowest BCUT2D eigenvalue weighted by Gasteiger charge is -2.24. The number of carbonyl (C=O) groups excluding carboxylic acids is 1. The summed E-state index contributed by atoms with van der Waals surface area (Å²) in [6.45, 7) is 8.95. The third-order valence-electron chi connectivity index (χ3n) is 3.27. The molecule has 0 saturated heterocycles. The number of carbonyl (C=O) groups is 1. The number of rotatable bonds is 5. The molecule has 23 heavy (non-hydrogen) atoms. The summed E-state index contributed by atoms with van der Waals surface area (Å²) >= 11 is 0. The van der Waals surface area contributed by atoms with E-state index in [4.69, 9.17) is 0 Å². The number of urea groups is 1. The minimum atomic E-state index is -0.175. The maximum Gasteiger partial charge on any atom is 0.323 e. The van der Waals surface area contributed by atoms with Crippen molar-refractivity contribution >= 4 is 11.8 Å². The largest absolute Gasteiger partial charge is 0.323 e. The fourth-order valence-electron chi connectivity index (χ4n) is 2.18. The quantitative estimate of drug-likeness (QED) is 0.920. The van der Waals surface area contributed by atoms with Crippen molar-refractivity contribution in [2.24, 2.45) is 5.92 Å². The number of anilines is 1. The van der Waals surface area contributed by atoms with Gasteiger partial charge in [-0.05, 0) is 31.9 Å². The Morgan fingerprint density at radius 1 is 1.26 bits per heavy atom. The fraction of sp³-hybridized carbons (Fsp3) is 0.412. The summed E-state index contributed by atoms with van der Waals surface area (Å²) in [5.74, 6) is 1.54. The van der Waals surface area contributed by atoms with Crippen LogP contribution in [0.1, 0.15) is 30.9 Å². The van der Waals surface area contributed by atoms with Crippen molar-refractivity contribution in [2.75, 3.05) is 11.9 Å². The molecule has 2 rings (SSSR count). The number of pyridine rings is 1. The molecule has 0 aliphatic heterocycles. The summed E-state index contributed by atoms with van der Waals surface area (Å²) in [5, 5.41) is 2.88. The number of nitrogens with one attached hydrogen (secondary N) is 1. The first-order chi connectivity index (χ1) is 11.0. The smallest absolute Gasteiger partial charge is 0.318 e. The van der Waals surface area contributed by atoms with Crippen LogP contribution in [0.3, 0.4) is 0 Å². The lowest BCUT2D eigenvalue weighted by molar-refractivity contribution is 0.201. The van der Waals surface area contributed by atoms with Crippen LogP contribution in [-0.4, -0.2) is 32.4 Å². The maximum atomic E-state index is 12.6. The molecule has 0 saturated carbocycles. The molecule has 2 heterocycles. The number of hydrogen-bond acceptors (Lipinski definition) is 4. The van der Waals surface area contributed by atoms with Crippen LogP contribution in [0, 0.1) is 19.8 Å². The number of hydrogen-bond donors (Lipinski definition) is 1. The van der Waals surface area contributed by atoms with Gasteiger partial charge in [0.15, 0.2) is 0 Å². The van der Waals surface area contributed by atoms with Gasteiger partial charge in [-0.1, -0.05) is 19.9 Å². The second kappa shape index (κ2) is 7.67. The van der Waals surface area contributed by atoms with Gasteiger partial charge in [-0.3, -0.25) is 10.3 Å². The third-order valence-corrected chi connectivity index (χ3v) is 3.27. The zero-order valence-electron chi connectivity index (χ0n) is 14.1. The van der Waals surface area contributed by atoms with Gasteiger partial charge in [0, 0.05) is 24.5 Å². The van der Waals surface area contributed by atoms with Crippen molar-refractivity contribution in [1.82, 2.24) is 19.9 Å². The average Bonchev–Trinajstić information content (AvgIpc) is 2.51. The molecule has 0 unspecified atom stereocenters. The molecule has 0 aromatic carbocycles. The number of aryl methyl sites for hydroxylation is 2. The van der Waals surface area contributed by atoms with E-state index in [1.54, 1.807) is 24.2 Å². The van der Waals surface area contributed by atoms with Gasteiger partial charge in [0.05, 0.1) is 12.2 Å². The highest BCUT2D eigenvalue weighted by atomic mass is 16.2. The van der Waals surface area contributed by atoms with Crippen molar-refractivity contribution in [2.45, 2.75) is 34.2 Å². The van der Waals surface area contributed by atoms with Gasteiger partial charge in [0.25, 0.3) is 0 Å². The standard InChI is InChI=1S/C17H23N5O/c1-12(2)10-22(11-15-7-5-6-8-18-15)17(23)21-16-13(3)9-19-14(4)20-16/h5-9,12H,10-11H2,1-4H3,(H,19,20,21,23). The van der Waals surface area contributed by atoms with Crippen molar-refractivity contribution in [3.63, 3.8) is 0 Å². The molecule has 6 heteroatoms. The summed E-state index contributed by atoms with van der Waals surface area (Å²) in [6, 6.07) is 5.53. The zero-order chi connectivity index (χ0) is 16.8. The summed E-state index contributed by atoms with van der Waals surface area (Å²) < 4.78 is 0. The first-order valence-corrected chi connectivity index (χ1v) is 7.71. The van der Waals surface area contributed by atoms with Crippen molar-refractivity contribution in [3.8, 4) is 0 Å². The van der Waals surface area contributed by atoms with E-state index in [-0.39, 0.29) is 6.03 Å². The van der Waals surface area contributed by atoms with Gasteiger partial charge in [-0.25, -0.2) is 14.8 Å². The highest BCUT2D eigenvalue weighted by Gasteiger charge is 2.17. The molecule has 2 aromatic heterocycles. The van der Waals surface area contributed by atoms with E-state index in [1.165, 1.54) is 0 Å². The van der Waals surface area contributed by atoms with Gasteiger partial charge >= 0.3 is 6.03 Å². The molecule has 0 spiro atoms. The Hall–Kier alpha value is -2.50. The summed E-state index contributed by atoms with van der Waals surface area (Å²) in [6.07, 6.45) is 3.45. The molecule has 6 nitrogen and oxygen atoms in total. The molecule has 1 N–H and O–H groups in total. The molecule has 0 radical (unpaired) electrons. The van der Waals surface area contributed by atoms with E-state index in [1.807, 2.05) is 25.1 Å². The van der Waals surface area contributed by atoms with Crippen molar-refractivity contribution in [3.05, 3.63) is 47.7 Å². The van der Waals surface area contributed by atoms with Crippen LogP contribution in [0.4, 0.5) is 10.6 Å². The second-order valence-corrected chi connectivity index (χ2v) is 5.97. The van der Waals surface area contributed by atoms with Gasteiger partial charge in [-0.15, -0.1) is 0 Å². The SMILES string of the molecule is Cc1ncc(C)c(NC(=O)N(Cc2ccccn2)CC(C)C)n1. The molecule has 0 fully saturated rings. The molecule has 2 amide bonds. The van der Waals surface area contributed by atoms with Crippen molar-refractivity contribution < 1.29 is 4.79 Å². The normalized spacial score (nSPS) is 10.7. The van der Waals surface area contributed by atoms with Crippen LogP contribution >= 0.6 is 0 Å². The van der Waals surface area contributed by atoms with Crippen LogP contribution in [-0.2, 0) is 6.54 Å². The Bertz CT molecular complexity index is 657. The van der Waals surface area contributed by atoms with E-state index < -0.39 is 0 Å². The Labute approximate surface area is 137 Å². The molecule has 0 bridgehead atoms. The second-order valence-electron chi connectivity index (χ2n) is 5.97. The third kappa shape index (κ3) is 5.02.